The van der Waals surface area contributed by atoms with Gasteiger partial charge in [-0.25, -0.2) is 18.8 Å². The summed E-state index contributed by atoms with van der Waals surface area (Å²) >= 11 is 0. The molecule has 2 amide bonds. The number of halogens is 1. The van der Waals surface area contributed by atoms with E-state index in [0.717, 1.165) is 6.08 Å². The highest BCUT2D eigenvalue weighted by Gasteiger charge is 2.30. The molecule has 138 valence electrons. The molecule has 1 aliphatic heterocycles. The molecule has 0 bridgehead atoms. The Morgan fingerprint density at radius 1 is 1.27 bits per heavy atom. The molecule has 2 N–H and O–H groups in total. The van der Waals surface area contributed by atoms with Crippen molar-refractivity contribution in [3.63, 3.8) is 0 Å². The number of hydrogen-bond acceptors (Lipinski definition) is 5. The number of hydrogen-bond donors (Lipinski definition) is 2. The van der Waals surface area contributed by atoms with Crippen LogP contribution in [0, 0.1) is 5.82 Å². The average Bonchev–Trinajstić information content (AvgIpc) is 2.58. The van der Waals surface area contributed by atoms with Crippen LogP contribution in [0.4, 0.5) is 9.18 Å². The molecule has 0 saturated heterocycles. The lowest BCUT2D eigenvalue weighted by molar-refractivity contribution is -0.140. The summed E-state index contributed by atoms with van der Waals surface area (Å²) in [6.07, 6.45) is 2.34. The Morgan fingerprint density at radius 2 is 2.00 bits per heavy atom. The first-order chi connectivity index (χ1) is 12.4. The van der Waals surface area contributed by atoms with Crippen LogP contribution in [0.2, 0.25) is 0 Å². The molecule has 26 heavy (non-hydrogen) atoms. The maximum absolute atomic E-state index is 13.5. The van der Waals surface area contributed by atoms with Crippen LogP contribution in [-0.4, -0.2) is 37.2 Å². The number of amides is 2. The second kappa shape index (κ2) is 8.80. The Kier molecular flexibility index (Phi) is 6.48. The van der Waals surface area contributed by atoms with E-state index in [2.05, 4.69) is 10.6 Å². The Morgan fingerprint density at radius 3 is 2.69 bits per heavy atom. The van der Waals surface area contributed by atoms with Gasteiger partial charge in [0.05, 0.1) is 23.9 Å². The summed E-state index contributed by atoms with van der Waals surface area (Å²) < 4.78 is 23.5. The molecule has 1 aromatic carbocycles. The minimum absolute atomic E-state index is 0.146. The van der Waals surface area contributed by atoms with Crippen molar-refractivity contribution in [3.8, 4) is 0 Å². The average molecular weight is 362 g/mol. The normalized spacial score (nSPS) is 16.9. The van der Waals surface area contributed by atoms with Gasteiger partial charge < -0.3 is 20.1 Å². The lowest BCUT2D eigenvalue weighted by atomic mass is 10.0. The quantitative estimate of drug-likeness (QED) is 0.595. The van der Waals surface area contributed by atoms with Gasteiger partial charge in [-0.2, -0.15) is 0 Å². The summed E-state index contributed by atoms with van der Waals surface area (Å²) in [7, 11) is 0. The number of rotatable bonds is 6. The van der Waals surface area contributed by atoms with Crippen molar-refractivity contribution < 1.29 is 28.2 Å². The highest BCUT2D eigenvalue weighted by molar-refractivity contribution is 5.95. The molecule has 2 rings (SSSR count). The van der Waals surface area contributed by atoms with Crippen LogP contribution in [0.1, 0.15) is 19.4 Å². The third-order valence-electron chi connectivity index (χ3n) is 3.53. The van der Waals surface area contributed by atoms with Crippen LogP contribution in [0.15, 0.2) is 41.6 Å². The maximum atomic E-state index is 13.5. The van der Waals surface area contributed by atoms with Gasteiger partial charge in [0, 0.05) is 11.6 Å². The SMILES string of the molecule is CCOC(=O)C1=C(COC(=O)/C=C/c2ccccc2F)NC(=O)N[C@@H]1C. The van der Waals surface area contributed by atoms with E-state index in [1.165, 1.54) is 24.3 Å². The van der Waals surface area contributed by atoms with Gasteiger partial charge in [-0.15, -0.1) is 0 Å². The zero-order valence-corrected chi connectivity index (χ0v) is 14.4. The van der Waals surface area contributed by atoms with Crippen LogP contribution in [-0.2, 0) is 19.1 Å². The molecule has 1 aliphatic rings. The standard InChI is InChI=1S/C18H19FN2O5/c1-3-25-17(23)16-11(2)20-18(24)21-14(16)10-26-15(22)9-8-12-6-4-5-7-13(12)19/h4-9,11H,3,10H2,1-2H3,(H2,20,21,24)/b9-8+/t11-/m1/s1. The van der Waals surface area contributed by atoms with E-state index in [-0.39, 0.29) is 30.0 Å². The minimum Gasteiger partial charge on any atom is -0.463 e. The number of benzene rings is 1. The van der Waals surface area contributed by atoms with E-state index in [0.29, 0.717) is 0 Å². The predicted octanol–water partition coefficient (Wildman–Crippen LogP) is 1.90. The van der Waals surface area contributed by atoms with Gasteiger partial charge in [0.15, 0.2) is 0 Å². The Hall–Kier alpha value is -3.16. The summed E-state index contributed by atoms with van der Waals surface area (Å²) in [6, 6.07) is 4.85. The molecule has 0 spiro atoms. The van der Waals surface area contributed by atoms with Gasteiger partial charge in [0.25, 0.3) is 0 Å². The molecule has 7 nitrogen and oxygen atoms in total. The molecule has 0 unspecified atom stereocenters. The molecule has 1 atom stereocenters. The third kappa shape index (κ3) is 4.92. The fraction of sp³-hybridized carbons (Fsp3) is 0.278. The molecule has 8 heteroatoms. The first kappa shape index (κ1) is 19.2. The first-order valence-corrected chi connectivity index (χ1v) is 7.99. The van der Waals surface area contributed by atoms with Gasteiger partial charge in [-0.3, -0.25) is 0 Å². The predicted molar refractivity (Wildman–Crippen MR) is 91.2 cm³/mol. The summed E-state index contributed by atoms with van der Waals surface area (Å²) in [4.78, 5) is 35.5. The highest BCUT2D eigenvalue weighted by atomic mass is 19.1. The van der Waals surface area contributed by atoms with Crippen LogP contribution in [0.5, 0.6) is 0 Å². The van der Waals surface area contributed by atoms with Crippen molar-refractivity contribution in [1.82, 2.24) is 10.6 Å². The van der Waals surface area contributed by atoms with Gasteiger partial charge in [0.2, 0.25) is 0 Å². The molecule has 0 radical (unpaired) electrons. The number of carbonyl (C=O) groups is 3. The van der Waals surface area contributed by atoms with Gasteiger partial charge in [0.1, 0.15) is 12.4 Å². The molecule has 0 fully saturated rings. The van der Waals surface area contributed by atoms with E-state index in [1.54, 1.807) is 19.9 Å². The van der Waals surface area contributed by atoms with Crippen molar-refractivity contribution >= 4 is 24.0 Å². The van der Waals surface area contributed by atoms with E-state index < -0.39 is 29.8 Å². The number of carbonyl (C=O) groups excluding carboxylic acids is 3. The lowest BCUT2D eigenvalue weighted by Crippen LogP contribution is -2.50. The van der Waals surface area contributed by atoms with Gasteiger partial charge in [-0.1, -0.05) is 18.2 Å². The van der Waals surface area contributed by atoms with Crippen molar-refractivity contribution in [2.75, 3.05) is 13.2 Å². The van der Waals surface area contributed by atoms with Crippen LogP contribution in [0.25, 0.3) is 6.08 Å². The van der Waals surface area contributed by atoms with Crippen molar-refractivity contribution in [2.45, 2.75) is 19.9 Å². The van der Waals surface area contributed by atoms with E-state index in [4.69, 9.17) is 9.47 Å². The summed E-state index contributed by atoms with van der Waals surface area (Å²) in [5, 5.41) is 4.98. The topological polar surface area (TPSA) is 93.7 Å². The maximum Gasteiger partial charge on any atom is 0.338 e. The number of nitrogens with one attached hydrogen (secondary N) is 2. The molecule has 1 aromatic rings. The molecule has 0 aromatic heterocycles. The van der Waals surface area contributed by atoms with Crippen molar-refractivity contribution in [2.24, 2.45) is 0 Å². The van der Waals surface area contributed by atoms with Crippen LogP contribution in [0.3, 0.4) is 0 Å². The fourth-order valence-electron chi connectivity index (χ4n) is 2.35. The monoisotopic (exact) mass is 362 g/mol. The van der Waals surface area contributed by atoms with E-state index in [1.807, 2.05) is 0 Å². The first-order valence-electron chi connectivity index (χ1n) is 7.99. The van der Waals surface area contributed by atoms with E-state index >= 15 is 0 Å². The number of ether oxygens (including phenoxy) is 2. The van der Waals surface area contributed by atoms with Crippen LogP contribution < -0.4 is 10.6 Å². The molecular weight excluding hydrogens is 343 g/mol. The third-order valence-corrected chi connectivity index (χ3v) is 3.53. The Balaban J connectivity index is 2.08. The number of esters is 2. The number of urea groups is 1. The Labute approximate surface area is 149 Å². The van der Waals surface area contributed by atoms with Crippen LogP contribution >= 0.6 is 0 Å². The minimum atomic E-state index is -0.746. The summed E-state index contributed by atoms with van der Waals surface area (Å²) in [6.45, 7) is 3.11. The Bertz CT molecular complexity index is 773. The molecule has 1 heterocycles. The van der Waals surface area contributed by atoms with Gasteiger partial charge in [-0.05, 0) is 26.0 Å². The summed E-state index contributed by atoms with van der Waals surface area (Å²) in [5.41, 5.74) is 0.560. The molecule has 0 saturated carbocycles. The molecular formula is C18H19FN2O5. The summed E-state index contributed by atoms with van der Waals surface area (Å²) in [5.74, 6) is -1.83. The second-order valence-corrected chi connectivity index (χ2v) is 5.40. The highest BCUT2D eigenvalue weighted by Crippen LogP contribution is 2.15. The second-order valence-electron chi connectivity index (χ2n) is 5.40. The van der Waals surface area contributed by atoms with Crippen molar-refractivity contribution in [1.29, 1.82) is 0 Å². The zero-order valence-electron chi connectivity index (χ0n) is 14.4. The molecule has 0 aliphatic carbocycles. The fourth-order valence-corrected chi connectivity index (χ4v) is 2.35. The zero-order chi connectivity index (χ0) is 19.1. The lowest BCUT2D eigenvalue weighted by Gasteiger charge is -2.26. The smallest absolute Gasteiger partial charge is 0.338 e. The van der Waals surface area contributed by atoms with E-state index in [9.17, 15) is 18.8 Å². The van der Waals surface area contributed by atoms with Crippen molar-refractivity contribution in [3.05, 3.63) is 53.0 Å². The van der Waals surface area contributed by atoms with Gasteiger partial charge >= 0.3 is 18.0 Å². The largest absolute Gasteiger partial charge is 0.463 e.